The van der Waals surface area contributed by atoms with Crippen molar-refractivity contribution in [1.82, 2.24) is 9.80 Å². The van der Waals surface area contributed by atoms with Crippen molar-refractivity contribution >= 4 is 34.1 Å². The highest BCUT2D eigenvalue weighted by Crippen LogP contribution is 2.30. The fraction of sp³-hybridized carbons (Fsp3) is 0.261. The lowest BCUT2D eigenvalue weighted by Gasteiger charge is -2.34. The molecule has 3 heterocycles. The molecule has 1 N–H and O–H groups in total. The maximum atomic E-state index is 13.0. The number of rotatable bonds is 4. The number of aryl methyl sites for hydroxylation is 1. The second-order valence-corrected chi connectivity index (χ2v) is 8.77. The summed E-state index contributed by atoms with van der Waals surface area (Å²) < 4.78 is 43.3. The molecular formula is C23H20F3N3O4S. The molecule has 0 radical (unpaired) electrons. The molecule has 0 bridgehead atoms. The molecule has 1 saturated heterocycles. The third-order valence-corrected chi connectivity index (χ3v) is 6.55. The molecule has 178 valence electrons. The van der Waals surface area contributed by atoms with Gasteiger partial charge in [-0.15, -0.1) is 11.3 Å². The summed E-state index contributed by atoms with van der Waals surface area (Å²) in [5.41, 5.74) is 0.0670. The highest BCUT2D eigenvalue weighted by Gasteiger charge is 2.31. The normalized spacial score (nSPS) is 14.2. The van der Waals surface area contributed by atoms with Gasteiger partial charge in [0, 0.05) is 31.7 Å². The van der Waals surface area contributed by atoms with Crippen molar-refractivity contribution in [2.45, 2.75) is 13.1 Å². The first-order valence-electron chi connectivity index (χ1n) is 10.3. The number of amides is 3. The smallest absolute Gasteiger partial charge is 0.416 e. The first-order valence-corrected chi connectivity index (χ1v) is 11.2. The minimum Gasteiger partial charge on any atom is -0.459 e. The van der Waals surface area contributed by atoms with Crippen LogP contribution in [-0.2, 0) is 6.18 Å². The summed E-state index contributed by atoms with van der Waals surface area (Å²) in [5, 5.41) is 3.22. The van der Waals surface area contributed by atoms with E-state index in [2.05, 4.69) is 5.32 Å². The van der Waals surface area contributed by atoms with E-state index in [1.54, 1.807) is 24.0 Å². The van der Waals surface area contributed by atoms with Crippen LogP contribution in [0.3, 0.4) is 0 Å². The van der Waals surface area contributed by atoms with Gasteiger partial charge in [0.05, 0.1) is 21.7 Å². The zero-order valence-corrected chi connectivity index (χ0v) is 18.8. The molecular weight excluding hydrogens is 471 g/mol. The average Bonchev–Trinajstić information content (AvgIpc) is 3.48. The summed E-state index contributed by atoms with van der Waals surface area (Å²) in [6, 6.07) is 8.94. The molecule has 0 saturated carbocycles. The fourth-order valence-electron chi connectivity index (χ4n) is 3.58. The number of nitrogens with one attached hydrogen (secondary N) is 1. The Bertz CT molecular complexity index is 1200. The van der Waals surface area contributed by atoms with Crippen LogP contribution in [0.5, 0.6) is 0 Å². The molecule has 3 amide bonds. The zero-order valence-electron chi connectivity index (χ0n) is 18.0. The number of halogens is 3. The van der Waals surface area contributed by atoms with Crippen molar-refractivity contribution in [2.24, 2.45) is 0 Å². The number of carbonyl (C=O) groups excluding carboxylic acids is 3. The zero-order chi connectivity index (χ0) is 24.5. The van der Waals surface area contributed by atoms with Gasteiger partial charge in [0.1, 0.15) is 0 Å². The molecule has 0 spiro atoms. The number of hydrogen-bond donors (Lipinski definition) is 1. The van der Waals surface area contributed by atoms with Gasteiger partial charge in [0.25, 0.3) is 17.7 Å². The van der Waals surface area contributed by atoms with Crippen LogP contribution in [0.25, 0.3) is 0 Å². The Morgan fingerprint density at radius 2 is 1.59 bits per heavy atom. The van der Waals surface area contributed by atoms with Crippen LogP contribution < -0.4 is 5.32 Å². The summed E-state index contributed by atoms with van der Waals surface area (Å²) >= 11 is 1.16. The molecule has 0 unspecified atom stereocenters. The summed E-state index contributed by atoms with van der Waals surface area (Å²) in [7, 11) is 0. The van der Waals surface area contributed by atoms with Gasteiger partial charge in [0.15, 0.2) is 5.76 Å². The van der Waals surface area contributed by atoms with Crippen molar-refractivity contribution in [3.63, 3.8) is 0 Å². The third kappa shape index (κ3) is 4.98. The number of benzene rings is 1. The van der Waals surface area contributed by atoms with Crippen molar-refractivity contribution < 1.29 is 32.0 Å². The summed E-state index contributed by atoms with van der Waals surface area (Å²) in [6.07, 6.45) is -3.07. The Morgan fingerprint density at radius 1 is 0.971 bits per heavy atom. The highest BCUT2D eigenvalue weighted by molar-refractivity contribution is 7.18. The van der Waals surface area contributed by atoms with E-state index in [1.807, 2.05) is 0 Å². The van der Waals surface area contributed by atoms with Gasteiger partial charge >= 0.3 is 6.18 Å². The number of carbonyl (C=O) groups is 3. The SMILES string of the molecule is Cc1cc(NC(=O)c2ccco2)sc1C(=O)N1CCN(C(=O)c2ccc(C(F)(F)F)cc2)CC1. The van der Waals surface area contributed by atoms with Gasteiger partial charge in [0.2, 0.25) is 0 Å². The highest BCUT2D eigenvalue weighted by atomic mass is 32.1. The van der Waals surface area contributed by atoms with E-state index >= 15 is 0 Å². The minimum absolute atomic E-state index is 0.160. The van der Waals surface area contributed by atoms with Gasteiger partial charge in [-0.3, -0.25) is 14.4 Å². The lowest BCUT2D eigenvalue weighted by molar-refractivity contribution is -0.137. The second kappa shape index (κ2) is 9.34. The fourth-order valence-corrected chi connectivity index (χ4v) is 4.61. The van der Waals surface area contributed by atoms with Crippen LogP contribution in [0.4, 0.5) is 18.2 Å². The van der Waals surface area contributed by atoms with E-state index in [0.717, 1.165) is 35.6 Å². The molecule has 3 aromatic rings. The van der Waals surface area contributed by atoms with E-state index in [4.69, 9.17) is 4.42 Å². The number of alkyl halides is 3. The number of piperazine rings is 1. The second-order valence-electron chi connectivity index (χ2n) is 7.71. The Labute approximate surface area is 196 Å². The van der Waals surface area contributed by atoms with Crippen LogP contribution in [0.2, 0.25) is 0 Å². The minimum atomic E-state index is -4.46. The number of nitrogens with zero attached hydrogens (tertiary/aromatic N) is 2. The number of hydrogen-bond acceptors (Lipinski definition) is 5. The number of anilines is 1. The molecule has 11 heteroatoms. The van der Waals surface area contributed by atoms with Gasteiger partial charge < -0.3 is 19.5 Å². The summed E-state index contributed by atoms with van der Waals surface area (Å²) in [5.74, 6) is -0.841. The van der Waals surface area contributed by atoms with Gasteiger partial charge in [-0.2, -0.15) is 13.2 Å². The quantitative estimate of drug-likeness (QED) is 0.582. The summed E-state index contributed by atoms with van der Waals surface area (Å²) in [6.45, 7) is 2.88. The lowest BCUT2D eigenvalue weighted by atomic mass is 10.1. The van der Waals surface area contributed by atoms with Gasteiger partial charge in [-0.25, -0.2) is 0 Å². The first kappa shape index (κ1) is 23.6. The Kier molecular flexibility index (Phi) is 6.47. The average molecular weight is 491 g/mol. The van der Waals surface area contributed by atoms with Crippen molar-refractivity contribution in [3.05, 3.63) is 76.1 Å². The molecule has 0 aliphatic carbocycles. The Hall–Kier alpha value is -3.60. The van der Waals surface area contributed by atoms with Gasteiger partial charge in [-0.05, 0) is 55.0 Å². The molecule has 7 nitrogen and oxygen atoms in total. The topological polar surface area (TPSA) is 82.9 Å². The third-order valence-electron chi connectivity index (χ3n) is 5.41. The van der Waals surface area contributed by atoms with E-state index in [9.17, 15) is 27.6 Å². The monoisotopic (exact) mass is 491 g/mol. The number of thiophene rings is 1. The maximum Gasteiger partial charge on any atom is 0.416 e. The van der Waals surface area contributed by atoms with Gasteiger partial charge in [-0.1, -0.05) is 0 Å². The Balaban J connectivity index is 1.36. The molecule has 1 aromatic carbocycles. The van der Waals surface area contributed by atoms with Crippen LogP contribution >= 0.6 is 11.3 Å². The molecule has 34 heavy (non-hydrogen) atoms. The van der Waals surface area contributed by atoms with Crippen LogP contribution in [0.15, 0.2) is 53.1 Å². The van der Waals surface area contributed by atoms with Crippen LogP contribution in [0.1, 0.15) is 41.7 Å². The lowest BCUT2D eigenvalue weighted by Crippen LogP contribution is -2.50. The van der Waals surface area contributed by atoms with Crippen LogP contribution in [-0.4, -0.2) is 53.7 Å². The molecule has 0 atom stereocenters. The predicted octanol–water partition coefficient (Wildman–Crippen LogP) is 4.52. The van der Waals surface area contributed by atoms with E-state index in [0.29, 0.717) is 15.4 Å². The molecule has 1 fully saturated rings. The van der Waals surface area contributed by atoms with Crippen molar-refractivity contribution in [1.29, 1.82) is 0 Å². The van der Waals surface area contributed by atoms with Crippen molar-refractivity contribution in [3.8, 4) is 0 Å². The molecule has 1 aliphatic heterocycles. The van der Waals surface area contributed by atoms with Crippen LogP contribution in [0, 0.1) is 6.92 Å². The first-order chi connectivity index (χ1) is 16.1. The van der Waals surface area contributed by atoms with Crippen molar-refractivity contribution in [2.75, 3.05) is 31.5 Å². The van der Waals surface area contributed by atoms with E-state index in [-0.39, 0.29) is 49.3 Å². The molecule has 4 rings (SSSR count). The maximum absolute atomic E-state index is 13.0. The molecule has 2 aromatic heterocycles. The summed E-state index contributed by atoms with van der Waals surface area (Å²) in [4.78, 5) is 41.5. The largest absolute Gasteiger partial charge is 0.459 e. The van der Waals surface area contributed by atoms with E-state index < -0.39 is 17.6 Å². The van der Waals surface area contributed by atoms with E-state index in [1.165, 1.54) is 17.2 Å². The predicted molar refractivity (Wildman–Crippen MR) is 119 cm³/mol. The molecule has 1 aliphatic rings. The Morgan fingerprint density at radius 3 is 2.15 bits per heavy atom. The standard InChI is InChI=1S/C23H20F3N3O4S/c1-14-13-18(27-20(30)17-3-2-12-33-17)34-19(14)22(32)29-10-8-28(9-11-29)21(31)15-4-6-16(7-5-15)23(24,25)26/h2-7,12-13H,8-11H2,1H3,(H,27,30). The number of furan rings is 1.